The molecule has 0 saturated heterocycles. The Morgan fingerprint density at radius 3 is 2.05 bits per heavy atom. The zero-order valence-electron chi connectivity index (χ0n) is 10.3. The first-order chi connectivity index (χ1) is 9.68. The summed E-state index contributed by atoms with van der Waals surface area (Å²) >= 11 is 5.99. The lowest BCUT2D eigenvalue weighted by Crippen LogP contribution is -2.24. The van der Waals surface area contributed by atoms with Crippen LogP contribution >= 0.6 is 11.6 Å². The number of hydrogen-bond acceptors (Lipinski definition) is 3. The molecule has 98 valence electrons. The van der Waals surface area contributed by atoms with E-state index >= 15 is 0 Å². The predicted octanol–water partition coefficient (Wildman–Crippen LogP) is 2.97. The van der Waals surface area contributed by atoms with Crippen molar-refractivity contribution in [3.8, 4) is 0 Å². The second kappa shape index (κ2) is 4.90. The van der Waals surface area contributed by atoms with Crippen LogP contribution in [0.4, 0.5) is 0 Å². The summed E-state index contributed by atoms with van der Waals surface area (Å²) in [5, 5.41) is 5.32. The van der Waals surface area contributed by atoms with Gasteiger partial charge in [-0.2, -0.15) is 10.1 Å². The Bertz CT molecular complexity index is 705. The fraction of sp³-hybridized carbons (Fsp3) is 0. The third kappa shape index (κ3) is 2.00. The Morgan fingerprint density at radius 1 is 0.900 bits per heavy atom. The van der Waals surface area contributed by atoms with Crippen LogP contribution in [-0.2, 0) is 0 Å². The van der Waals surface area contributed by atoms with E-state index in [2.05, 4.69) is 5.10 Å². The van der Waals surface area contributed by atoms with Crippen LogP contribution in [0.2, 0.25) is 5.02 Å². The van der Waals surface area contributed by atoms with Gasteiger partial charge in [-0.15, -0.1) is 0 Å². The molecule has 2 aromatic carbocycles. The van der Waals surface area contributed by atoms with E-state index in [4.69, 9.17) is 11.6 Å². The van der Waals surface area contributed by atoms with Crippen molar-refractivity contribution in [1.29, 1.82) is 0 Å². The van der Waals surface area contributed by atoms with Crippen molar-refractivity contribution in [2.24, 2.45) is 5.10 Å². The highest BCUT2D eigenvalue weighted by Crippen LogP contribution is 2.22. The lowest BCUT2D eigenvalue weighted by atomic mass is 10.1. The normalized spacial score (nSPS) is 14.2. The molecule has 0 atom stereocenters. The summed E-state index contributed by atoms with van der Waals surface area (Å²) in [6.45, 7) is 0. The van der Waals surface area contributed by atoms with Crippen molar-refractivity contribution >= 4 is 29.6 Å². The molecule has 0 aromatic heterocycles. The summed E-state index contributed by atoms with van der Waals surface area (Å²) in [5.41, 5.74) is 1.38. The molecule has 0 unspecified atom stereocenters. The number of carbonyl (C=O) groups excluding carboxylic acids is 2. The highest BCUT2D eigenvalue weighted by molar-refractivity contribution is 6.33. The summed E-state index contributed by atoms with van der Waals surface area (Å²) in [6, 6.07) is 13.7. The van der Waals surface area contributed by atoms with E-state index in [9.17, 15) is 9.59 Å². The third-order valence-corrected chi connectivity index (χ3v) is 3.33. The van der Waals surface area contributed by atoms with E-state index in [0.717, 1.165) is 5.01 Å². The Morgan fingerprint density at radius 2 is 1.45 bits per heavy atom. The van der Waals surface area contributed by atoms with Gasteiger partial charge in [0.05, 0.1) is 17.3 Å². The van der Waals surface area contributed by atoms with Gasteiger partial charge in [0.2, 0.25) is 0 Å². The number of amides is 2. The number of halogens is 1. The van der Waals surface area contributed by atoms with Gasteiger partial charge in [0.15, 0.2) is 0 Å². The standard InChI is InChI=1S/C15H9ClN2O2/c16-13-8-4-1-5-10(13)9-17-18-14(19)11-6-2-3-7-12(11)15(18)20/h1-9H/b17-9-. The van der Waals surface area contributed by atoms with E-state index in [-0.39, 0.29) is 0 Å². The second-order valence-corrected chi connectivity index (χ2v) is 4.64. The van der Waals surface area contributed by atoms with Crippen LogP contribution in [0, 0.1) is 0 Å². The predicted molar refractivity (Wildman–Crippen MR) is 76.0 cm³/mol. The van der Waals surface area contributed by atoms with Gasteiger partial charge in [-0.05, 0) is 18.2 Å². The van der Waals surface area contributed by atoms with Gasteiger partial charge >= 0.3 is 0 Å². The number of imide groups is 1. The molecule has 0 bridgehead atoms. The molecule has 2 aromatic rings. The maximum atomic E-state index is 12.1. The largest absolute Gasteiger partial charge is 0.282 e. The smallest absolute Gasteiger partial charge is 0.267 e. The van der Waals surface area contributed by atoms with Crippen molar-refractivity contribution < 1.29 is 9.59 Å². The molecule has 1 heterocycles. The first-order valence-corrected chi connectivity index (χ1v) is 6.32. The molecular weight excluding hydrogens is 276 g/mol. The first kappa shape index (κ1) is 12.6. The second-order valence-electron chi connectivity index (χ2n) is 4.23. The Balaban J connectivity index is 1.93. The number of hydrazone groups is 1. The van der Waals surface area contributed by atoms with E-state index in [1.165, 1.54) is 6.21 Å². The highest BCUT2D eigenvalue weighted by atomic mass is 35.5. The van der Waals surface area contributed by atoms with Crippen molar-refractivity contribution in [3.63, 3.8) is 0 Å². The molecule has 0 saturated carbocycles. The molecule has 4 nitrogen and oxygen atoms in total. The lowest BCUT2D eigenvalue weighted by Gasteiger charge is -2.05. The van der Waals surface area contributed by atoms with Gasteiger partial charge in [0, 0.05) is 10.6 Å². The summed E-state index contributed by atoms with van der Waals surface area (Å²) in [4.78, 5) is 24.1. The van der Waals surface area contributed by atoms with Crippen molar-refractivity contribution in [2.75, 3.05) is 0 Å². The molecule has 0 fully saturated rings. The monoisotopic (exact) mass is 284 g/mol. The fourth-order valence-corrected chi connectivity index (χ4v) is 2.17. The quantitative estimate of drug-likeness (QED) is 0.629. The average Bonchev–Trinajstić information content (AvgIpc) is 2.71. The minimum atomic E-state index is -0.422. The van der Waals surface area contributed by atoms with Crippen LogP contribution in [0.15, 0.2) is 53.6 Å². The van der Waals surface area contributed by atoms with Crippen LogP contribution in [0.3, 0.4) is 0 Å². The van der Waals surface area contributed by atoms with Crippen molar-refractivity contribution in [1.82, 2.24) is 5.01 Å². The molecule has 0 N–H and O–H groups in total. The molecule has 1 aliphatic rings. The molecule has 0 spiro atoms. The number of benzene rings is 2. The zero-order chi connectivity index (χ0) is 14.1. The zero-order valence-corrected chi connectivity index (χ0v) is 11.0. The number of rotatable bonds is 2. The molecule has 1 aliphatic heterocycles. The Kier molecular flexibility index (Phi) is 3.08. The van der Waals surface area contributed by atoms with Crippen LogP contribution < -0.4 is 0 Å². The van der Waals surface area contributed by atoms with Gasteiger partial charge in [0.25, 0.3) is 11.8 Å². The number of hydrogen-bond donors (Lipinski definition) is 0. The van der Waals surface area contributed by atoms with E-state index < -0.39 is 11.8 Å². The third-order valence-electron chi connectivity index (χ3n) is 2.99. The minimum Gasteiger partial charge on any atom is -0.267 e. The molecule has 5 heteroatoms. The fourth-order valence-electron chi connectivity index (χ4n) is 1.98. The van der Waals surface area contributed by atoms with E-state index in [0.29, 0.717) is 21.7 Å². The maximum Gasteiger partial charge on any atom is 0.282 e. The molecule has 3 rings (SSSR count). The van der Waals surface area contributed by atoms with Gasteiger partial charge in [0.1, 0.15) is 0 Å². The number of fused-ring (bicyclic) bond motifs is 1. The van der Waals surface area contributed by atoms with Crippen molar-refractivity contribution in [3.05, 3.63) is 70.2 Å². The van der Waals surface area contributed by atoms with Crippen molar-refractivity contribution in [2.45, 2.75) is 0 Å². The summed E-state index contributed by atoms with van der Waals surface area (Å²) in [6.07, 6.45) is 1.41. The number of nitrogens with zero attached hydrogens (tertiary/aromatic N) is 2. The molecule has 0 aliphatic carbocycles. The first-order valence-electron chi connectivity index (χ1n) is 5.95. The van der Waals surface area contributed by atoms with Gasteiger partial charge in [-0.1, -0.05) is 41.9 Å². The Labute approximate surface area is 120 Å². The number of carbonyl (C=O) groups is 2. The maximum absolute atomic E-state index is 12.1. The summed E-state index contributed by atoms with van der Waals surface area (Å²) in [7, 11) is 0. The summed E-state index contributed by atoms with van der Waals surface area (Å²) in [5.74, 6) is -0.845. The van der Waals surface area contributed by atoms with Crippen LogP contribution in [0.1, 0.15) is 26.3 Å². The molecular formula is C15H9ClN2O2. The molecule has 20 heavy (non-hydrogen) atoms. The molecule has 2 amide bonds. The molecule has 0 radical (unpaired) electrons. The average molecular weight is 285 g/mol. The lowest BCUT2D eigenvalue weighted by molar-refractivity contribution is 0.0660. The van der Waals surface area contributed by atoms with E-state index in [1.807, 2.05) is 0 Å². The SMILES string of the molecule is O=C1c2ccccc2C(=O)N1/N=C\c1ccccc1Cl. The summed E-state index contributed by atoms with van der Waals surface area (Å²) < 4.78 is 0. The van der Waals surface area contributed by atoms with E-state index in [1.54, 1.807) is 48.5 Å². The highest BCUT2D eigenvalue weighted by Gasteiger charge is 2.35. The van der Waals surface area contributed by atoms with Gasteiger partial charge in [-0.25, -0.2) is 0 Å². The minimum absolute atomic E-state index is 0.369. The van der Waals surface area contributed by atoms with Gasteiger partial charge in [-0.3, -0.25) is 9.59 Å². The Hall–Kier alpha value is -2.46. The topological polar surface area (TPSA) is 49.7 Å². The van der Waals surface area contributed by atoms with Crippen LogP contribution in [0.25, 0.3) is 0 Å². The van der Waals surface area contributed by atoms with Crippen LogP contribution in [0.5, 0.6) is 0 Å². The van der Waals surface area contributed by atoms with Crippen LogP contribution in [-0.4, -0.2) is 23.0 Å². The van der Waals surface area contributed by atoms with Gasteiger partial charge < -0.3 is 0 Å².